The van der Waals surface area contributed by atoms with Crippen molar-refractivity contribution in [3.8, 4) is 11.5 Å². The zero-order valence-electron chi connectivity index (χ0n) is 28.3. The van der Waals surface area contributed by atoms with Gasteiger partial charge >= 0.3 is 0 Å². The number of benzene rings is 3. The first-order valence-electron chi connectivity index (χ1n) is 16.7. The molecular formula is C39H47NO5Si. The third-order valence-corrected chi connectivity index (χ3v) is 16.7. The van der Waals surface area contributed by atoms with Crippen molar-refractivity contribution in [2.24, 2.45) is 11.8 Å². The number of imide groups is 1. The van der Waals surface area contributed by atoms with Gasteiger partial charge in [0.15, 0.2) is 0 Å². The van der Waals surface area contributed by atoms with Gasteiger partial charge in [0.25, 0.3) is 8.32 Å². The summed E-state index contributed by atoms with van der Waals surface area (Å²) >= 11 is 0. The third kappa shape index (κ3) is 5.03. The molecule has 3 aliphatic rings. The molecule has 2 amide bonds. The second-order valence-corrected chi connectivity index (χ2v) is 20.0. The molecule has 1 fully saturated rings. The Morgan fingerprint density at radius 2 is 1.41 bits per heavy atom. The van der Waals surface area contributed by atoms with Crippen molar-refractivity contribution in [2.75, 3.05) is 0 Å². The summed E-state index contributed by atoms with van der Waals surface area (Å²) in [6, 6.07) is 25.2. The van der Waals surface area contributed by atoms with Crippen LogP contribution in [0.4, 0.5) is 0 Å². The number of aliphatic hydroxyl groups is 1. The maximum Gasteiger partial charge on any atom is 0.258 e. The van der Waals surface area contributed by atoms with E-state index in [9.17, 15) is 14.7 Å². The lowest BCUT2D eigenvalue weighted by molar-refractivity contribution is -0.140. The largest absolute Gasteiger partial charge is 0.543 e. The van der Waals surface area contributed by atoms with Crippen LogP contribution in [0, 0.1) is 11.8 Å². The maximum absolute atomic E-state index is 14.4. The van der Waals surface area contributed by atoms with Crippen molar-refractivity contribution >= 4 is 25.7 Å². The Kier molecular flexibility index (Phi) is 8.30. The number of amides is 2. The molecule has 2 heterocycles. The maximum atomic E-state index is 14.4. The number of hydrogen-bond acceptors (Lipinski definition) is 5. The summed E-state index contributed by atoms with van der Waals surface area (Å²) in [4.78, 5) is 30.1. The SMILES string of the molecule is CC(C)[Si](Oc1ccc2c(c1)OC(C)(C)C1=C2[C@@H](O)[C@H](c2ccccc2)[C@@H]2C(=O)N(Cc3ccccc3)C(=O)[C@H]12)(C(C)C)C(C)C. The number of nitrogens with zero attached hydrogens (tertiary/aromatic N) is 1. The number of rotatable bonds is 8. The molecule has 0 aromatic heterocycles. The number of hydrogen-bond donors (Lipinski definition) is 1. The number of carbonyl (C=O) groups excluding carboxylic acids is 2. The van der Waals surface area contributed by atoms with E-state index in [1.165, 1.54) is 4.90 Å². The summed E-state index contributed by atoms with van der Waals surface area (Å²) < 4.78 is 13.8. The van der Waals surface area contributed by atoms with Crippen LogP contribution in [-0.4, -0.2) is 41.8 Å². The summed E-state index contributed by atoms with van der Waals surface area (Å²) in [5.74, 6) is -1.17. The normalized spacial score (nSPS) is 23.9. The first-order chi connectivity index (χ1) is 21.8. The van der Waals surface area contributed by atoms with Crippen LogP contribution in [0.3, 0.4) is 0 Å². The fourth-order valence-electron chi connectivity index (χ4n) is 8.87. The highest BCUT2D eigenvalue weighted by atomic mass is 28.4. The lowest BCUT2D eigenvalue weighted by Crippen LogP contribution is -2.51. The molecule has 4 atom stereocenters. The average Bonchev–Trinajstić information content (AvgIpc) is 3.24. The molecule has 3 aromatic carbocycles. The molecule has 0 bridgehead atoms. The van der Waals surface area contributed by atoms with Crippen molar-refractivity contribution in [1.82, 2.24) is 4.90 Å². The Bertz CT molecular complexity index is 1640. The van der Waals surface area contributed by atoms with E-state index in [1.807, 2.05) is 92.7 Å². The molecule has 3 aromatic rings. The van der Waals surface area contributed by atoms with E-state index in [2.05, 4.69) is 41.5 Å². The molecular weight excluding hydrogens is 591 g/mol. The third-order valence-electron chi connectivity index (χ3n) is 10.7. The molecule has 6 rings (SSSR count). The second kappa shape index (κ2) is 11.8. The zero-order valence-corrected chi connectivity index (χ0v) is 29.3. The number of fused-ring (bicyclic) bond motifs is 4. The Morgan fingerprint density at radius 1 is 0.826 bits per heavy atom. The van der Waals surface area contributed by atoms with E-state index in [-0.39, 0.29) is 18.4 Å². The van der Waals surface area contributed by atoms with Crippen molar-refractivity contribution in [3.05, 3.63) is 101 Å². The molecule has 0 radical (unpaired) electrons. The molecule has 2 aliphatic heterocycles. The van der Waals surface area contributed by atoms with Crippen LogP contribution in [0.5, 0.6) is 11.5 Å². The van der Waals surface area contributed by atoms with Crippen LogP contribution in [0.15, 0.2) is 84.4 Å². The minimum absolute atomic E-state index is 0.192. The standard InChI is InChI=1S/C39H47NO5Si/c1-23(2)46(24(3)4,25(5)6)45-28-19-20-29-30(21-28)44-39(7,8)35-32(29)36(41)31(27-17-13-10-14-18-27)33-34(35)38(43)40(37(33)42)22-26-15-11-9-12-16-26/h9-21,23-25,31,33-34,36,41H,22H2,1-8H3/t31-,33+,34+,36+/m1/s1. The van der Waals surface area contributed by atoms with E-state index in [4.69, 9.17) is 9.16 Å². The molecule has 0 spiro atoms. The Hall–Kier alpha value is -3.68. The van der Waals surface area contributed by atoms with Gasteiger partial charge in [0.1, 0.15) is 17.1 Å². The van der Waals surface area contributed by atoms with Crippen LogP contribution in [0.25, 0.3) is 5.57 Å². The monoisotopic (exact) mass is 637 g/mol. The lowest BCUT2D eigenvalue weighted by atomic mass is 9.61. The van der Waals surface area contributed by atoms with Gasteiger partial charge in [-0.25, -0.2) is 0 Å². The van der Waals surface area contributed by atoms with Gasteiger partial charge < -0.3 is 14.3 Å². The topological polar surface area (TPSA) is 76.1 Å². The van der Waals surface area contributed by atoms with Gasteiger partial charge in [0.2, 0.25) is 11.8 Å². The minimum Gasteiger partial charge on any atom is -0.543 e. The van der Waals surface area contributed by atoms with E-state index in [0.29, 0.717) is 33.5 Å². The second-order valence-electron chi connectivity index (χ2n) is 14.7. The van der Waals surface area contributed by atoms with Gasteiger partial charge in [-0.3, -0.25) is 14.5 Å². The van der Waals surface area contributed by atoms with Crippen LogP contribution in [-0.2, 0) is 16.1 Å². The summed E-state index contributed by atoms with van der Waals surface area (Å²) in [6.07, 6.45) is -1.02. The molecule has 7 heteroatoms. The van der Waals surface area contributed by atoms with Crippen LogP contribution < -0.4 is 9.16 Å². The van der Waals surface area contributed by atoms with Crippen LogP contribution in [0.1, 0.15) is 78.0 Å². The fraction of sp³-hybridized carbons (Fsp3) is 0.436. The summed E-state index contributed by atoms with van der Waals surface area (Å²) in [5, 5.41) is 12.4. The summed E-state index contributed by atoms with van der Waals surface area (Å²) in [6.45, 7) is 17.7. The molecule has 1 N–H and O–H groups in total. The van der Waals surface area contributed by atoms with Crippen molar-refractivity contribution in [3.63, 3.8) is 0 Å². The van der Waals surface area contributed by atoms with Gasteiger partial charge in [-0.15, -0.1) is 0 Å². The molecule has 1 saturated heterocycles. The van der Waals surface area contributed by atoms with E-state index in [1.54, 1.807) is 0 Å². The van der Waals surface area contributed by atoms with E-state index < -0.39 is 37.8 Å². The van der Waals surface area contributed by atoms with E-state index >= 15 is 0 Å². The highest BCUT2D eigenvalue weighted by Gasteiger charge is 2.62. The van der Waals surface area contributed by atoms with Crippen LogP contribution in [0.2, 0.25) is 16.6 Å². The molecule has 6 nitrogen and oxygen atoms in total. The van der Waals surface area contributed by atoms with Crippen LogP contribution >= 0.6 is 0 Å². The number of aliphatic hydroxyl groups excluding tert-OH is 1. The van der Waals surface area contributed by atoms with Gasteiger partial charge in [-0.2, -0.15) is 0 Å². The predicted octanol–water partition coefficient (Wildman–Crippen LogP) is 8.13. The van der Waals surface area contributed by atoms with Gasteiger partial charge in [0, 0.05) is 17.5 Å². The summed E-state index contributed by atoms with van der Waals surface area (Å²) in [5.41, 5.74) is 4.13. The number of carbonyl (C=O) groups is 2. The van der Waals surface area contributed by atoms with Crippen molar-refractivity contribution < 1.29 is 23.9 Å². The predicted molar refractivity (Wildman–Crippen MR) is 184 cm³/mol. The highest BCUT2D eigenvalue weighted by molar-refractivity contribution is 6.78. The molecule has 0 saturated carbocycles. The van der Waals surface area contributed by atoms with Crippen molar-refractivity contribution in [1.29, 1.82) is 0 Å². The first-order valence-corrected chi connectivity index (χ1v) is 18.8. The minimum atomic E-state index is -2.23. The molecule has 242 valence electrons. The Balaban J connectivity index is 1.50. The van der Waals surface area contributed by atoms with Crippen molar-refractivity contribution in [2.45, 2.75) is 96.2 Å². The Labute approximate surface area is 274 Å². The van der Waals surface area contributed by atoms with E-state index in [0.717, 1.165) is 22.4 Å². The molecule has 1 aliphatic carbocycles. The van der Waals surface area contributed by atoms with Gasteiger partial charge in [-0.1, -0.05) is 102 Å². The van der Waals surface area contributed by atoms with Gasteiger partial charge in [-0.05, 0) is 64.9 Å². The zero-order chi connectivity index (χ0) is 33.1. The lowest BCUT2D eigenvalue weighted by Gasteiger charge is -2.47. The smallest absolute Gasteiger partial charge is 0.258 e. The first kappa shape index (κ1) is 32.3. The number of likely N-dealkylation sites (tertiary alicyclic amines) is 1. The molecule has 46 heavy (non-hydrogen) atoms. The fourth-order valence-corrected chi connectivity index (χ4v) is 14.1. The number of ether oxygens (including phenoxy) is 1. The quantitative estimate of drug-likeness (QED) is 0.199. The summed E-state index contributed by atoms with van der Waals surface area (Å²) in [7, 11) is -2.23. The van der Waals surface area contributed by atoms with Gasteiger partial charge in [0.05, 0.1) is 24.5 Å². The highest BCUT2D eigenvalue weighted by Crippen LogP contribution is 2.58. The molecule has 0 unspecified atom stereocenters. The Morgan fingerprint density at radius 3 is 2.00 bits per heavy atom. The average molecular weight is 638 g/mol.